The Morgan fingerprint density at radius 3 is 2.95 bits per heavy atom. The van der Waals surface area contributed by atoms with E-state index >= 15 is 0 Å². The van der Waals surface area contributed by atoms with Gasteiger partial charge in [-0.2, -0.15) is 0 Å². The van der Waals surface area contributed by atoms with Crippen LogP contribution in [0.3, 0.4) is 0 Å². The minimum absolute atomic E-state index is 0.00843. The second-order valence-corrected chi connectivity index (χ2v) is 5.88. The van der Waals surface area contributed by atoms with Crippen molar-refractivity contribution in [3.8, 4) is 0 Å². The van der Waals surface area contributed by atoms with Gasteiger partial charge in [-0.1, -0.05) is 11.6 Å². The highest BCUT2D eigenvalue weighted by atomic mass is 35.5. The van der Waals surface area contributed by atoms with Crippen molar-refractivity contribution in [2.75, 3.05) is 6.61 Å². The first-order chi connectivity index (χ1) is 10.5. The first-order valence-corrected chi connectivity index (χ1v) is 7.58. The zero-order valence-electron chi connectivity index (χ0n) is 12.1. The zero-order chi connectivity index (χ0) is 15.7. The highest BCUT2D eigenvalue weighted by molar-refractivity contribution is 6.31. The molecule has 1 aromatic carbocycles. The van der Waals surface area contributed by atoms with Crippen molar-refractivity contribution in [3.05, 3.63) is 45.3 Å². The van der Waals surface area contributed by atoms with E-state index in [1.807, 2.05) is 6.92 Å². The first-order valence-electron chi connectivity index (χ1n) is 7.20. The molecule has 1 N–H and O–H groups in total. The van der Waals surface area contributed by atoms with Gasteiger partial charge in [-0.05, 0) is 44.0 Å². The molecule has 1 amide bonds. The van der Waals surface area contributed by atoms with E-state index in [9.17, 15) is 9.59 Å². The summed E-state index contributed by atoms with van der Waals surface area (Å²) in [5.74, 6) is -0.460. The molecule has 0 unspecified atom stereocenters. The zero-order valence-corrected chi connectivity index (χ0v) is 12.9. The topological polar surface area (TPSA) is 68.5 Å². The molecule has 0 spiro atoms. The molecule has 6 heteroatoms. The van der Waals surface area contributed by atoms with Gasteiger partial charge in [-0.3, -0.25) is 4.79 Å². The first kappa shape index (κ1) is 15.1. The molecule has 2 heterocycles. The molecule has 1 fully saturated rings. The maximum atomic E-state index is 12.3. The summed E-state index contributed by atoms with van der Waals surface area (Å²) in [6.45, 7) is 2.58. The van der Waals surface area contributed by atoms with Crippen molar-refractivity contribution in [2.24, 2.45) is 0 Å². The van der Waals surface area contributed by atoms with E-state index in [0.29, 0.717) is 22.6 Å². The molecule has 0 aliphatic carbocycles. The summed E-state index contributed by atoms with van der Waals surface area (Å²) < 4.78 is 10.7. The molecule has 0 radical (unpaired) electrons. The third-order valence-corrected chi connectivity index (χ3v) is 4.06. The van der Waals surface area contributed by atoms with Crippen molar-refractivity contribution in [3.63, 3.8) is 0 Å². The van der Waals surface area contributed by atoms with Gasteiger partial charge in [0, 0.05) is 17.0 Å². The molecule has 0 bridgehead atoms. The van der Waals surface area contributed by atoms with Crippen LogP contribution in [0.15, 0.2) is 33.5 Å². The highest BCUT2D eigenvalue weighted by Crippen LogP contribution is 2.19. The summed E-state index contributed by atoms with van der Waals surface area (Å²) >= 11 is 5.92. The van der Waals surface area contributed by atoms with Gasteiger partial charge in [0.1, 0.15) is 11.1 Å². The smallest absolute Gasteiger partial charge is 0.349 e. The van der Waals surface area contributed by atoms with Crippen LogP contribution in [0.2, 0.25) is 5.02 Å². The Balaban J connectivity index is 1.86. The Morgan fingerprint density at radius 1 is 1.41 bits per heavy atom. The largest absolute Gasteiger partial charge is 0.422 e. The van der Waals surface area contributed by atoms with E-state index in [-0.39, 0.29) is 17.7 Å². The second kappa shape index (κ2) is 6.10. The van der Waals surface area contributed by atoms with Gasteiger partial charge in [-0.15, -0.1) is 0 Å². The lowest BCUT2D eigenvalue weighted by Crippen LogP contribution is -2.42. The predicted molar refractivity (Wildman–Crippen MR) is 83.4 cm³/mol. The lowest BCUT2D eigenvalue weighted by atomic mass is 10.1. The molecule has 2 aromatic rings. The fourth-order valence-electron chi connectivity index (χ4n) is 2.63. The van der Waals surface area contributed by atoms with E-state index in [1.165, 1.54) is 6.07 Å². The number of halogens is 1. The van der Waals surface area contributed by atoms with E-state index in [2.05, 4.69) is 5.32 Å². The number of hydrogen-bond donors (Lipinski definition) is 1. The average molecular weight is 322 g/mol. The Hall–Kier alpha value is -1.85. The van der Waals surface area contributed by atoms with Crippen LogP contribution in [0.5, 0.6) is 0 Å². The van der Waals surface area contributed by atoms with Gasteiger partial charge >= 0.3 is 5.63 Å². The monoisotopic (exact) mass is 321 g/mol. The van der Waals surface area contributed by atoms with Gasteiger partial charge < -0.3 is 14.5 Å². The maximum absolute atomic E-state index is 12.3. The fraction of sp³-hybridized carbons (Fsp3) is 0.375. The summed E-state index contributed by atoms with van der Waals surface area (Å²) in [5.41, 5.74) is -0.287. The molecular formula is C16H16ClNO4. The Morgan fingerprint density at radius 2 is 2.23 bits per heavy atom. The molecule has 5 nitrogen and oxygen atoms in total. The standard InChI is InChI=1S/C16H16ClNO4/c1-9(13-3-2-6-21-13)18-15(19)12-8-10-7-11(17)4-5-14(10)22-16(12)20/h4-5,7-9,13H,2-3,6H2,1H3,(H,18,19)/t9-,13-/m1/s1. The van der Waals surface area contributed by atoms with Crippen molar-refractivity contribution in [1.29, 1.82) is 0 Å². The van der Waals surface area contributed by atoms with Gasteiger partial charge in [0.25, 0.3) is 5.91 Å². The molecule has 1 aliphatic heterocycles. The predicted octanol–water partition coefficient (Wildman–Crippen LogP) is 2.74. The minimum atomic E-state index is -0.660. The van der Waals surface area contributed by atoms with Crippen LogP contribution in [0.25, 0.3) is 11.0 Å². The summed E-state index contributed by atoms with van der Waals surface area (Å²) in [7, 11) is 0. The Bertz CT molecular complexity index is 764. The number of carbonyl (C=O) groups is 1. The van der Waals surface area contributed by atoms with Crippen molar-refractivity contribution >= 4 is 28.5 Å². The van der Waals surface area contributed by atoms with E-state index in [1.54, 1.807) is 18.2 Å². The van der Waals surface area contributed by atoms with E-state index < -0.39 is 11.5 Å². The molecule has 22 heavy (non-hydrogen) atoms. The van der Waals surface area contributed by atoms with Crippen molar-refractivity contribution in [1.82, 2.24) is 5.32 Å². The fourth-order valence-corrected chi connectivity index (χ4v) is 2.81. The summed E-state index contributed by atoms with van der Waals surface area (Å²) in [5, 5.41) is 3.93. The van der Waals surface area contributed by atoms with Crippen LogP contribution >= 0.6 is 11.6 Å². The number of fused-ring (bicyclic) bond motifs is 1. The third kappa shape index (κ3) is 3.00. The summed E-state index contributed by atoms with van der Waals surface area (Å²) in [4.78, 5) is 24.3. The van der Waals surface area contributed by atoms with Gasteiger partial charge in [-0.25, -0.2) is 4.79 Å². The van der Waals surface area contributed by atoms with Crippen LogP contribution in [0.4, 0.5) is 0 Å². The van der Waals surface area contributed by atoms with Crippen LogP contribution in [-0.2, 0) is 4.74 Å². The lowest BCUT2D eigenvalue weighted by molar-refractivity contribution is 0.0710. The lowest BCUT2D eigenvalue weighted by Gasteiger charge is -2.19. The Labute approximate surface area is 132 Å². The van der Waals surface area contributed by atoms with Gasteiger partial charge in [0.05, 0.1) is 12.1 Å². The number of nitrogens with one attached hydrogen (secondary N) is 1. The normalized spacial score (nSPS) is 19.3. The molecule has 1 aromatic heterocycles. The van der Waals surface area contributed by atoms with Crippen molar-refractivity contribution in [2.45, 2.75) is 31.9 Å². The van der Waals surface area contributed by atoms with Gasteiger partial charge in [0.2, 0.25) is 0 Å². The van der Waals surface area contributed by atoms with E-state index in [0.717, 1.165) is 12.8 Å². The molecule has 2 atom stereocenters. The summed E-state index contributed by atoms with van der Waals surface area (Å²) in [6, 6.07) is 6.23. The summed E-state index contributed by atoms with van der Waals surface area (Å²) in [6.07, 6.45) is 1.89. The molecule has 1 saturated heterocycles. The maximum Gasteiger partial charge on any atom is 0.349 e. The number of amides is 1. The third-order valence-electron chi connectivity index (χ3n) is 3.82. The number of benzene rings is 1. The molecular weight excluding hydrogens is 306 g/mol. The molecule has 1 aliphatic rings. The van der Waals surface area contributed by atoms with Crippen LogP contribution < -0.4 is 10.9 Å². The molecule has 0 saturated carbocycles. The number of ether oxygens (including phenoxy) is 1. The quantitative estimate of drug-likeness (QED) is 0.883. The molecule has 116 valence electrons. The second-order valence-electron chi connectivity index (χ2n) is 5.44. The highest BCUT2D eigenvalue weighted by Gasteiger charge is 2.25. The SMILES string of the molecule is C[C@@H](NC(=O)c1cc2cc(Cl)ccc2oc1=O)[C@H]1CCCO1. The van der Waals surface area contributed by atoms with Crippen LogP contribution in [-0.4, -0.2) is 24.7 Å². The van der Waals surface area contributed by atoms with Gasteiger partial charge in [0.15, 0.2) is 0 Å². The van der Waals surface area contributed by atoms with Crippen LogP contribution in [0, 0.1) is 0 Å². The van der Waals surface area contributed by atoms with Crippen LogP contribution in [0.1, 0.15) is 30.1 Å². The molecule has 3 rings (SSSR count). The average Bonchev–Trinajstić information content (AvgIpc) is 3.01. The van der Waals surface area contributed by atoms with E-state index in [4.69, 9.17) is 20.8 Å². The number of hydrogen-bond acceptors (Lipinski definition) is 4. The number of carbonyl (C=O) groups excluding carboxylic acids is 1. The minimum Gasteiger partial charge on any atom is -0.422 e. The Kier molecular flexibility index (Phi) is 4.18. The number of rotatable bonds is 3. The van der Waals surface area contributed by atoms with Crippen molar-refractivity contribution < 1.29 is 13.9 Å².